The zero-order valence-corrected chi connectivity index (χ0v) is 14.2. The van der Waals surface area contributed by atoms with Crippen LogP contribution in [0.3, 0.4) is 0 Å². The van der Waals surface area contributed by atoms with E-state index < -0.39 is 0 Å². The number of nitrogens with zero attached hydrogens (tertiary/aromatic N) is 1. The number of thiazole rings is 1. The van der Waals surface area contributed by atoms with Gasteiger partial charge in [-0.15, -0.1) is 11.3 Å². The fourth-order valence-corrected chi connectivity index (χ4v) is 4.00. The van der Waals surface area contributed by atoms with E-state index in [0.29, 0.717) is 29.2 Å². The summed E-state index contributed by atoms with van der Waals surface area (Å²) in [6.07, 6.45) is 3.38. The SMILES string of the molecule is Cc1nc(CN)sc1C(=O)OC1CC(C)CCC1C(C)C. The lowest BCUT2D eigenvalue weighted by atomic mass is 9.75. The topological polar surface area (TPSA) is 65.2 Å². The van der Waals surface area contributed by atoms with Crippen LogP contribution in [0.5, 0.6) is 0 Å². The van der Waals surface area contributed by atoms with Crippen LogP contribution < -0.4 is 5.73 Å². The number of nitrogens with two attached hydrogens (primary N) is 1. The normalized spacial score (nSPS) is 26.1. The second-order valence-corrected chi connectivity index (χ2v) is 7.58. The van der Waals surface area contributed by atoms with Gasteiger partial charge >= 0.3 is 5.97 Å². The summed E-state index contributed by atoms with van der Waals surface area (Å²) >= 11 is 1.36. The fraction of sp³-hybridized carbons (Fsp3) is 0.750. The van der Waals surface area contributed by atoms with E-state index in [0.717, 1.165) is 23.5 Å². The molecule has 0 aromatic carbocycles. The van der Waals surface area contributed by atoms with E-state index in [2.05, 4.69) is 25.8 Å². The van der Waals surface area contributed by atoms with Crippen molar-refractivity contribution in [3.05, 3.63) is 15.6 Å². The summed E-state index contributed by atoms with van der Waals surface area (Å²) in [7, 11) is 0. The van der Waals surface area contributed by atoms with Crippen molar-refractivity contribution in [2.75, 3.05) is 0 Å². The minimum Gasteiger partial charge on any atom is -0.458 e. The van der Waals surface area contributed by atoms with E-state index in [4.69, 9.17) is 10.5 Å². The van der Waals surface area contributed by atoms with Crippen LogP contribution in [-0.4, -0.2) is 17.1 Å². The van der Waals surface area contributed by atoms with Crippen molar-refractivity contribution >= 4 is 17.3 Å². The van der Waals surface area contributed by atoms with E-state index in [9.17, 15) is 4.79 Å². The molecular weight excluding hydrogens is 284 g/mol. The summed E-state index contributed by atoms with van der Waals surface area (Å²) in [4.78, 5) is 17.4. The molecule has 1 aromatic rings. The maximum atomic E-state index is 12.4. The van der Waals surface area contributed by atoms with Crippen molar-refractivity contribution in [1.82, 2.24) is 4.98 Å². The van der Waals surface area contributed by atoms with Gasteiger partial charge in [-0.05, 0) is 37.5 Å². The number of hydrogen-bond acceptors (Lipinski definition) is 5. The summed E-state index contributed by atoms with van der Waals surface area (Å²) in [5, 5.41) is 0.789. The Morgan fingerprint density at radius 2 is 2.19 bits per heavy atom. The lowest BCUT2D eigenvalue weighted by molar-refractivity contribution is -0.0170. The van der Waals surface area contributed by atoms with Crippen molar-refractivity contribution < 1.29 is 9.53 Å². The first kappa shape index (κ1) is 16.4. The third-order valence-corrected chi connectivity index (χ3v) is 5.58. The van der Waals surface area contributed by atoms with Gasteiger partial charge in [0.2, 0.25) is 0 Å². The van der Waals surface area contributed by atoms with E-state index in [1.165, 1.54) is 17.8 Å². The van der Waals surface area contributed by atoms with Crippen molar-refractivity contribution in [3.8, 4) is 0 Å². The number of hydrogen-bond donors (Lipinski definition) is 1. The van der Waals surface area contributed by atoms with E-state index in [-0.39, 0.29) is 12.1 Å². The monoisotopic (exact) mass is 310 g/mol. The molecule has 2 N–H and O–H groups in total. The van der Waals surface area contributed by atoms with Crippen molar-refractivity contribution in [3.63, 3.8) is 0 Å². The molecule has 1 aliphatic rings. The zero-order valence-electron chi connectivity index (χ0n) is 13.4. The highest BCUT2D eigenvalue weighted by Crippen LogP contribution is 2.36. The molecule has 1 heterocycles. The van der Waals surface area contributed by atoms with E-state index in [1.54, 1.807) is 0 Å². The van der Waals surface area contributed by atoms with Gasteiger partial charge in [0.05, 0.1) is 5.69 Å². The minimum absolute atomic E-state index is 0.0316. The van der Waals surface area contributed by atoms with Crippen molar-refractivity contribution in [2.24, 2.45) is 23.5 Å². The number of rotatable bonds is 4. The van der Waals surface area contributed by atoms with Gasteiger partial charge in [0.25, 0.3) is 0 Å². The van der Waals surface area contributed by atoms with Gasteiger partial charge in [-0.1, -0.05) is 27.2 Å². The average Bonchev–Trinajstić information content (AvgIpc) is 2.80. The lowest BCUT2D eigenvalue weighted by Gasteiger charge is -2.36. The largest absolute Gasteiger partial charge is 0.458 e. The first-order chi connectivity index (χ1) is 9.92. The van der Waals surface area contributed by atoms with Crippen molar-refractivity contribution in [2.45, 2.75) is 59.6 Å². The number of ether oxygens (including phenoxy) is 1. The molecule has 1 aromatic heterocycles. The van der Waals surface area contributed by atoms with Gasteiger partial charge in [0.1, 0.15) is 16.0 Å². The van der Waals surface area contributed by atoms with Crippen LogP contribution in [0.2, 0.25) is 0 Å². The van der Waals surface area contributed by atoms with Gasteiger partial charge in [-0.3, -0.25) is 0 Å². The number of aryl methyl sites for hydroxylation is 1. The molecule has 0 bridgehead atoms. The molecule has 0 amide bonds. The summed E-state index contributed by atoms with van der Waals surface area (Å²) < 4.78 is 5.85. The molecule has 0 saturated heterocycles. The first-order valence-electron chi connectivity index (χ1n) is 7.79. The molecule has 21 heavy (non-hydrogen) atoms. The Labute approximate surface area is 131 Å². The maximum Gasteiger partial charge on any atom is 0.350 e. The molecule has 0 radical (unpaired) electrons. The van der Waals surface area contributed by atoms with Gasteiger partial charge in [0, 0.05) is 6.54 Å². The average molecular weight is 310 g/mol. The zero-order chi connectivity index (χ0) is 15.6. The van der Waals surface area contributed by atoms with Crippen LogP contribution in [0, 0.1) is 24.7 Å². The summed E-state index contributed by atoms with van der Waals surface area (Å²) in [6, 6.07) is 0. The van der Waals surface area contributed by atoms with Gasteiger partial charge in [-0.2, -0.15) is 0 Å². The molecule has 5 heteroatoms. The smallest absolute Gasteiger partial charge is 0.350 e. The van der Waals surface area contributed by atoms with Crippen LogP contribution in [0.4, 0.5) is 0 Å². The number of carbonyl (C=O) groups excluding carboxylic acids is 1. The maximum absolute atomic E-state index is 12.4. The molecule has 0 aliphatic heterocycles. The predicted molar refractivity (Wildman–Crippen MR) is 85.3 cm³/mol. The fourth-order valence-electron chi connectivity index (χ4n) is 3.17. The van der Waals surface area contributed by atoms with Crippen LogP contribution in [0.25, 0.3) is 0 Å². The third-order valence-electron chi connectivity index (χ3n) is 4.42. The standard InChI is InChI=1S/C16H26N2O2S/c1-9(2)12-6-5-10(3)7-13(12)20-16(19)15-11(4)18-14(8-17)21-15/h9-10,12-13H,5-8,17H2,1-4H3. The number of carbonyl (C=O) groups is 1. The highest BCUT2D eigenvalue weighted by Gasteiger charge is 2.34. The molecule has 118 valence electrons. The van der Waals surface area contributed by atoms with Crippen LogP contribution in [0.1, 0.15) is 60.4 Å². The van der Waals surface area contributed by atoms with Crippen LogP contribution >= 0.6 is 11.3 Å². The Hall–Kier alpha value is -0.940. The Bertz CT molecular complexity index is 498. The summed E-state index contributed by atoms with van der Waals surface area (Å²) in [6.45, 7) is 8.88. The molecule has 1 aliphatic carbocycles. The van der Waals surface area contributed by atoms with Crippen molar-refractivity contribution in [1.29, 1.82) is 0 Å². The van der Waals surface area contributed by atoms with Crippen LogP contribution in [-0.2, 0) is 11.3 Å². The number of aromatic nitrogens is 1. The predicted octanol–water partition coefficient (Wildman–Crippen LogP) is 3.53. The molecule has 1 fully saturated rings. The Kier molecular flexibility index (Phi) is 5.38. The van der Waals surface area contributed by atoms with E-state index >= 15 is 0 Å². The summed E-state index contributed by atoms with van der Waals surface area (Å²) in [5.41, 5.74) is 6.32. The van der Waals surface area contributed by atoms with Crippen LogP contribution in [0.15, 0.2) is 0 Å². The molecule has 0 spiro atoms. The molecule has 2 rings (SSSR count). The first-order valence-corrected chi connectivity index (χ1v) is 8.61. The quantitative estimate of drug-likeness (QED) is 0.864. The second-order valence-electron chi connectivity index (χ2n) is 6.50. The Balaban J connectivity index is 2.10. The second kappa shape index (κ2) is 6.88. The van der Waals surface area contributed by atoms with Gasteiger partial charge in [-0.25, -0.2) is 9.78 Å². The van der Waals surface area contributed by atoms with Gasteiger partial charge < -0.3 is 10.5 Å². The van der Waals surface area contributed by atoms with E-state index in [1.807, 2.05) is 6.92 Å². The number of esters is 1. The van der Waals surface area contributed by atoms with Gasteiger partial charge in [0.15, 0.2) is 0 Å². The molecule has 1 saturated carbocycles. The Morgan fingerprint density at radius 3 is 2.76 bits per heavy atom. The highest BCUT2D eigenvalue weighted by molar-refractivity contribution is 7.13. The minimum atomic E-state index is -0.227. The Morgan fingerprint density at radius 1 is 1.48 bits per heavy atom. The molecule has 3 atom stereocenters. The molecular formula is C16H26N2O2S. The highest BCUT2D eigenvalue weighted by atomic mass is 32.1. The lowest BCUT2D eigenvalue weighted by Crippen LogP contribution is -2.35. The summed E-state index contributed by atoms with van der Waals surface area (Å²) in [5.74, 6) is 1.40. The third kappa shape index (κ3) is 3.83. The molecule has 4 nitrogen and oxygen atoms in total. The molecule has 3 unspecified atom stereocenters.